The van der Waals surface area contributed by atoms with Gasteiger partial charge in [-0.25, -0.2) is 4.98 Å². The number of carboxylic acid groups (broad SMARTS) is 1. The quantitative estimate of drug-likeness (QED) is 0.452. The lowest BCUT2D eigenvalue weighted by atomic mass is 9.84. The summed E-state index contributed by atoms with van der Waals surface area (Å²) in [4.78, 5) is 35.4. The van der Waals surface area contributed by atoms with Gasteiger partial charge in [0.05, 0.1) is 13.1 Å². The van der Waals surface area contributed by atoms with Crippen LogP contribution in [0.4, 0.5) is 0 Å². The van der Waals surface area contributed by atoms with Crippen LogP contribution >= 0.6 is 17.0 Å². The maximum atomic E-state index is 13.5. The third-order valence-corrected chi connectivity index (χ3v) is 7.64. The lowest BCUT2D eigenvalue weighted by molar-refractivity contribution is -0.138. The van der Waals surface area contributed by atoms with E-state index < -0.39 is 5.97 Å². The summed E-state index contributed by atoms with van der Waals surface area (Å²) in [6.07, 6.45) is 2.34. The van der Waals surface area contributed by atoms with Gasteiger partial charge >= 0.3 is 5.97 Å². The molecule has 0 spiro atoms. The molecular weight excluding hydrogens is 546 g/mol. The minimum atomic E-state index is -0.789. The fraction of sp³-hybridized carbons (Fsp3) is 0.517. The number of halogens is 1. The zero-order valence-corrected chi connectivity index (χ0v) is 24.2. The van der Waals surface area contributed by atoms with E-state index in [0.717, 1.165) is 60.8 Å². The number of amidine groups is 1. The highest BCUT2D eigenvalue weighted by atomic mass is 79.9. The summed E-state index contributed by atoms with van der Waals surface area (Å²) >= 11 is 0. The normalized spacial score (nSPS) is 18.3. The molecule has 38 heavy (non-hydrogen) atoms. The van der Waals surface area contributed by atoms with Gasteiger partial charge in [-0.1, -0.05) is 32.9 Å². The van der Waals surface area contributed by atoms with Gasteiger partial charge in [-0.2, -0.15) is 0 Å². The molecule has 2 fully saturated rings. The van der Waals surface area contributed by atoms with E-state index >= 15 is 0 Å². The minimum absolute atomic E-state index is 0. The van der Waals surface area contributed by atoms with E-state index in [0.29, 0.717) is 23.9 Å². The van der Waals surface area contributed by atoms with Crippen LogP contribution in [0.1, 0.15) is 78.0 Å². The highest BCUT2D eigenvalue weighted by molar-refractivity contribution is 8.93. The Labute approximate surface area is 235 Å². The predicted molar refractivity (Wildman–Crippen MR) is 153 cm³/mol. The molecule has 2 N–H and O–H groups in total. The van der Waals surface area contributed by atoms with Gasteiger partial charge in [-0.05, 0) is 47.6 Å². The standard InChI is InChI=1S/C29H37N5O3.BrH/c1-29(2,3)23-13-19(15-32-8-10-33(11-9-32)18-26(36)37)12-22(14-23)25(35)17-34-16-21-6-7-24(20-4-5-20)31-27(21)28(34)30;/h6-7,12-14,20,30H,4-5,8-11,15-18H2,1-3H3,(H,36,37);1H. The van der Waals surface area contributed by atoms with Crippen LogP contribution in [0.15, 0.2) is 30.3 Å². The number of fused-ring (bicyclic) bond motifs is 1. The lowest BCUT2D eigenvalue weighted by Crippen LogP contribution is -2.47. The van der Waals surface area contributed by atoms with E-state index in [2.05, 4.69) is 43.9 Å². The van der Waals surface area contributed by atoms with Crippen molar-refractivity contribution in [2.24, 2.45) is 0 Å². The molecule has 0 bridgehead atoms. The molecule has 1 saturated carbocycles. The number of nitrogens with one attached hydrogen (secondary N) is 1. The second-order valence-corrected chi connectivity index (χ2v) is 11.8. The molecule has 2 aromatic rings. The monoisotopic (exact) mass is 583 g/mol. The number of aliphatic carboxylic acids is 1. The number of carboxylic acids is 1. The first-order chi connectivity index (χ1) is 17.6. The first-order valence-electron chi connectivity index (χ1n) is 13.2. The molecule has 1 saturated heterocycles. The van der Waals surface area contributed by atoms with Crippen LogP contribution in [-0.4, -0.2) is 81.6 Å². The first-order valence-corrected chi connectivity index (χ1v) is 13.2. The molecule has 0 radical (unpaired) electrons. The topological polar surface area (TPSA) is 101 Å². The van der Waals surface area contributed by atoms with Crippen molar-refractivity contribution in [2.45, 2.75) is 58.0 Å². The van der Waals surface area contributed by atoms with Crippen molar-refractivity contribution >= 4 is 34.6 Å². The Morgan fingerprint density at radius 3 is 2.34 bits per heavy atom. The number of Topliss-reactive ketones (excluding diaryl/α,β-unsaturated/α-hetero) is 1. The number of pyridine rings is 1. The van der Waals surface area contributed by atoms with Gasteiger partial charge in [0.15, 0.2) is 5.78 Å². The van der Waals surface area contributed by atoms with Crippen molar-refractivity contribution in [1.82, 2.24) is 19.7 Å². The third-order valence-electron chi connectivity index (χ3n) is 7.64. The van der Waals surface area contributed by atoms with Crippen LogP contribution < -0.4 is 0 Å². The Bertz CT molecular complexity index is 1230. The number of hydrogen-bond donors (Lipinski definition) is 2. The number of carbonyl (C=O) groups is 2. The van der Waals surface area contributed by atoms with Gasteiger partial charge in [0, 0.05) is 62.0 Å². The van der Waals surface area contributed by atoms with Gasteiger partial charge in [0.2, 0.25) is 0 Å². The number of piperazine rings is 1. The Hall–Kier alpha value is -2.62. The second-order valence-electron chi connectivity index (χ2n) is 11.8. The molecule has 0 amide bonds. The summed E-state index contributed by atoms with van der Waals surface area (Å²) in [6.45, 7) is 11.0. The average molecular weight is 585 g/mol. The van der Waals surface area contributed by atoms with Gasteiger partial charge in [-0.3, -0.25) is 24.8 Å². The Morgan fingerprint density at radius 2 is 1.71 bits per heavy atom. The minimum Gasteiger partial charge on any atom is -0.480 e. The van der Waals surface area contributed by atoms with Gasteiger partial charge in [-0.15, -0.1) is 17.0 Å². The Balaban J connectivity index is 0.00000336. The smallest absolute Gasteiger partial charge is 0.317 e. The Kier molecular flexibility index (Phi) is 8.40. The summed E-state index contributed by atoms with van der Waals surface area (Å²) in [5.41, 5.74) is 5.61. The van der Waals surface area contributed by atoms with Crippen molar-refractivity contribution < 1.29 is 14.7 Å². The molecule has 0 unspecified atom stereocenters. The fourth-order valence-corrected chi connectivity index (χ4v) is 5.21. The molecule has 0 atom stereocenters. The number of ketones is 1. The number of aromatic nitrogens is 1. The van der Waals surface area contributed by atoms with Crippen molar-refractivity contribution in [3.8, 4) is 0 Å². The van der Waals surface area contributed by atoms with Crippen LogP contribution in [0.25, 0.3) is 0 Å². The summed E-state index contributed by atoms with van der Waals surface area (Å²) in [5, 5.41) is 17.7. The van der Waals surface area contributed by atoms with E-state index in [1.54, 1.807) is 0 Å². The molecule has 3 heterocycles. The van der Waals surface area contributed by atoms with Gasteiger partial charge in [0.1, 0.15) is 11.5 Å². The zero-order chi connectivity index (χ0) is 26.3. The molecule has 9 heteroatoms. The van der Waals surface area contributed by atoms with Crippen LogP contribution in [-0.2, 0) is 23.3 Å². The van der Waals surface area contributed by atoms with Crippen LogP contribution in [0.2, 0.25) is 0 Å². The summed E-state index contributed by atoms with van der Waals surface area (Å²) < 4.78 is 0. The van der Waals surface area contributed by atoms with E-state index in [1.807, 2.05) is 21.9 Å². The average Bonchev–Trinajstić information content (AvgIpc) is 3.65. The second kappa shape index (κ2) is 11.2. The third kappa shape index (κ3) is 6.50. The number of nitrogens with zero attached hydrogens (tertiary/aromatic N) is 4. The zero-order valence-electron chi connectivity index (χ0n) is 22.5. The molecule has 2 aliphatic heterocycles. The van der Waals surface area contributed by atoms with Crippen LogP contribution in [0.5, 0.6) is 0 Å². The molecule has 204 valence electrons. The predicted octanol–water partition coefficient (Wildman–Crippen LogP) is 4.06. The van der Waals surface area contributed by atoms with Crippen LogP contribution in [0.3, 0.4) is 0 Å². The maximum Gasteiger partial charge on any atom is 0.317 e. The van der Waals surface area contributed by atoms with Crippen molar-refractivity contribution in [1.29, 1.82) is 5.41 Å². The number of rotatable bonds is 8. The highest BCUT2D eigenvalue weighted by Gasteiger charge is 2.31. The largest absolute Gasteiger partial charge is 0.480 e. The lowest BCUT2D eigenvalue weighted by Gasteiger charge is -2.34. The van der Waals surface area contributed by atoms with Gasteiger partial charge in [0.25, 0.3) is 0 Å². The van der Waals surface area contributed by atoms with Crippen molar-refractivity contribution in [3.63, 3.8) is 0 Å². The summed E-state index contributed by atoms with van der Waals surface area (Å²) in [5.74, 6) is 0.103. The molecule has 3 aliphatic rings. The molecule has 1 aromatic carbocycles. The first kappa shape index (κ1) is 28.4. The summed E-state index contributed by atoms with van der Waals surface area (Å²) in [6, 6.07) is 10.3. The number of benzene rings is 1. The SMILES string of the molecule is Br.CC(C)(C)c1cc(CN2CCN(CC(=O)O)CC2)cc(C(=O)CN2Cc3ccc(C4CC4)nc3C2=N)c1. The summed E-state index contributed by atoms with van der Waals surface area (Å²) in [7, 11) is 0. The van der Waals surface area contributed by atoms with E-state index in [1.165, 1.54) is 12.8 Å². The number of hydrogen-bond acceptors (Lipinski definition) is 6. The van der Waals surface area contributed by atoms with Gasteiger partial charge < -0.3 is 10.0 Å². The van der Waals surface area contributed by atoms with E-state index in [9.17, 15) is 9.59 Å². The molecular formula is C29H38BrN5O3. The molecule has 8 nitrogen and oxygen atoms in total. The fourth-order valence-electron chi connectivity index (χ4n) is 5.21. The number of carbonyl (C=O) groups excluding carboxylic acids is 1. The van der Waals surface area contributed by atoms with Crippen molar-refractivity contribution in [2.75, 3.05) is 39.3 Å². The Morgan fingerprint density at radius 1 is 1.03 bits per heavy atom. The van der Waals surface area contributed by atoms with Crippen molar-refractivity contribution in [3.05, 3.63) is 64.0 Å². The van der Waals surface area contributed by atoms with E-state index in [-0.39, 0.29) is 41.3 Å². The van der Waals surface area contributed by atoms with Crippen LogP contribution in [0, 0.1) is 5.41 Å². The van der Waals surface area contributed by atoms with E-state index in [4.69, 9.17) is 15.5 Å². The highest BCUT2D eigenvalue weighted by Crippen LogP contribution is 2.39. The molecule has 1 aliphatic carbocycles. The molecule has 1 aromatic heterocycles. The molecule has 5 rings (SSSR count). The maximum absolute atomic E-state index is 13.5.